The third-order valence-electron chi connectivity index (χ3n) is 9.05. The fourth-order valence-corrected chi connectivity index (χ4v) is 6.59. The van der Waals surface area contributed by atoms with E-state index < -0.39 is 43.5 Å². The first kappa shape index (κ1) is 34.2. The van der Waals surface area contributed by atoms with E-state index >= 15 is 0 Å². The van der Waals surface area contributed by atoms with Gasteiger partial charge in [0.15, 0.2) is 6.29 Å². The van der Waals surface area contributed by atoms with Crippen molar-refractivity contribution >= 4 is 17.5 Å². The van der Waals surface area contributed by atoms with Crippen molar-refractivity contribution < 1.29 is 43.8 Å². The first-order valence-corrected chi connectivity index (χ1v) is 16.0. The van der Waals surface area contributed by atoms with Crippen LogP contribution in [0.2, 0.25) is 0 Å². The lowest BCUT2D eigenvalue weighted by Crippen LogP contribution is -2.62. The van der Waals surface area contributed by atoms with E-state index in [1.54, 1.807) is 0 Å². The number of hydrogen-bond donors (Lipinski definition) is 7. The Kier molecular flexibility index (Phi) is 13.9. The Morgan fingerprint density at radius 1 is 1.02 bits per heavy atom. The number of halogens is 2. The number of hydrogen-bond acceptors (Lipinski definition) is 11. The minimum atomic E-state index is -1.53. The van der Waals surface area contributed by atoms with Gasteiger partial charge in [0.25, 0.3) is 0 Å². The summed E-state index contributed by atoms with van der Waals surface area (Å²) in [6.07, 6.45) is -1.64. The number of amides is 1. The highest BCUT2D eigenvalue weighted by molar-refractivity contribution is 6.21. The Labute approximate surface area is 252 Å². The second kappa shape index (κ2) is 17.1. The fraction of sp³-hybridized carbons (Fsp3) is 0.964. The molecule has 1 aliphatic carbocycles. The third-order valence-corrected chi connectivity index (χ3v) is 9.36. The molecule has 1 amide bonds. The molecule has 244 valence electrons. The third kappa shape index (κ3) is 9.90. The van der Waals surface area contributed by atoms with Crippen LogP contribution in [0.5, 0.6) is 0 Å². The van der Waals surface area contributed by atoms with Gasteiger partial charge in [-0.1, -0.05) is 0 Å². The summed E-state index contributed by atoms with van der Waals surface area (Å²) in [5.74, 6) is 0.0497. The van der Waals surface area contributed by atoms with Gasteiger partial charge in [-0.2, -0.15) is 0 Å². The van der Waals surface area contributed by atoms with E-state index in [1.165, 1.54) is 12.8 Å². The molecular weight excluding hydrogens is 575 g/mol. The highest BCUT2D eigenvalue weighted by atomic mass is 35.5. The van der Waals surface area contributed by atoms with Gasteiger partial charge in [-0.3, -0.25) is 20.3 Å². The van der Waals surface area contributed by atoms with E-state index in [-0.39, 0.29) is 49.2 Å². The SMILES string of the molecule is O=C(CC1CCC(OCCCC2CCN(C3NCC(Cl)CN3)CC2)CC1F)NCCO[C@H]1O[C@H](CO)[C@@H](O)[C@H](O)[C@@H]1O. The van der Waals surface area contributed by atoms with Gasteiger partial charge < -0.3 is 40.0 Å². The number of ether oxygens (including phenoxy) is 3. The predicted molar refractivity (Wildman–Crippen MR) is 152 cm³/mol. The molecule has 3 heterocycles. The zero-order chi connectivity index (χ0) is 30.1. The lowest BCUT2D eigenvalue weighted by molar-refractivity contribution is -0.300. The molecule has 0 radical (unpaired) electrons. The van der Waals surface area contributed by atoms with Gasteiger partial charge in [-0.15, -0.1) is 11.6 Å². The lowest BCUT2D eigenvalue weighted by Gasteiger charge is -2.41. The number of likely N-dealkylation sites (tertiary alicyclic amines) is 1. The van der Waals surface area contributed by atoms with Crippen molar-refractivity contribution in [3.05, 3.63) is 0 Å². The van der Waals surface area contributed by atoms with Crippen LogP contribution in [0.3, 0.4) is 0 Å². The normalized spacial score (nSPS) is 38.8. The zero-order valence-corrected chi connectivity index (χ0v) is 25.0. The van der Waals surface area contributed by atoms with E-state index in [1.807, 2.05) is 0 Å². The number of alkyl halides is 2. The van der Waals surface area contributed by atoms with Crippen molar-refractivity contribution in [2.75, 3.05) is 52.5 Å². The lowest BCUT2D eigenvalue weighted by atomic mass is 9.83. The van der Waals surface area contributed by atoms with E-state index in [0.29, 0.717) is 25.4 Å². The number of rotatable bonds is 13. The van der Waals surface area contributed by atoms with Crippen molar-refractivity contribution in [1.29, 1.82) is 0 Å². The van der Waals surface area contributed by atoms with Crippen LogP contribution in [0.4, 0.5) is 4.39 Å². The van der Waals surface area contributed by atoms with Crippen molar-refractivity contribution in [3.63, 3.8) is 0 Å². The molecule has 12 nitrogen and oxygen atoms in total. The summed E-state index contributed by atoms with van der Waals surface area (Å²) < 4.78 is 31.5. The Bertz CT molecular complexity index is 806. The molecule has 4 aliphatic rings. The van der Waals surface area contributed by atoms with Gasteiger partial charge in [-0.05, 0) is 50.4 Å². The van der Waals surface area contributed by atoms with Crippen LogP contribution >= 0.6 is 11.6 Å². The molecule has 0 spiro atoms. The summed E-state index contributed by atoms with van der Waals surface area (Å²) in [6, 6.07) is 0. The second-order valence-corrected chi connectivity index (χ2v) is 12.8. The smallest absolute Gasteiger partial charge is 0.220 e. The van der Waals surface area contributed by atoms with Gasteiger partial charge in [0.05, 0.1) is 24.7 Å². The first-order chi connectivity index (χ1) is 20.2. The van der Waals surface area contributed by atoms with E-state index in [9.17, 15) is 29.6 Å². The molecule has 0 bridgehead atoms. The summed E-state index contributed by atoms with van der Waals surface area (Å²) in [5, 5.41) is 48.6. The van der Waals surface area contributed by atoms with Crippen LogP contribution in [0.1, 0.15) is 51.4 Å². The average Bonchev–Trinajstić information content (AvgIpc) is 2.99. The predicted octanol–water partition coefficient (Wildman–Crippen LogP) is -0.591. The molecule has 3 aliphatic heterocycles. The Morgan fingerprint density at radius 2 is 1.76 bits per heavy atom. The maximum atomic E-state index is 14.9. The number of aliphatic hydroxyl groups excluding tert-OH is 4. The number of carbonyl (C=O) groups is 1. The van der Waals surface area contributed by atoms with Crippen LogP contribution in [0.15, 0.2) is 0 Å². The van der Waals surface area contributed by atoms with Crippen LogP contribution < -0.4 is 16.0 Å². The number of carbonyl (C=O) groups excluding carboxylic acids is 1. The monoisotopic (exact) mass is 624 g/mol. The van der Waals surface area contributed by atoms with E-state index in [0.717, 1.165) is 45.4 Å². The highest BCUT2D eigenvalue weighted by Crippen LogP contribution is 2.32. The second-order valence-electron chi connectivity index (χ2n) is 12.1. The van der Waals surface area contributed by atoms with Gasteiger partial charge in [0.2, 0.25) is 5.91 Å². The fourth-order valence-electron chi connectivity index (χ4n) is 6.41. The summed E-state index contributed by atoms with van der Waals surface area (Å²) in [7, 11) is 0. The zero-order valence-electron chi connectivity index (χ0n) is 24.3. The minimum absolute atomic E-state index is 0.0307. The van der Waals surface area contributed by atoms with E-state index in [2.05, 4.69) is 20.9 Å². The minimum Gasteiger partial charge on any atom is -0.394 e. The molecule has 3 saturated heterocycles. The van der Waals surface area contributed by atoms with Crippen molar-refractivity contribution in [2.45, 2.75) is 106 Å². The molecule has 0 aromatic carbocycles. The number of nitrogens with one attached hydrogen (secondary N) is 3. The van der Waals surface area contributed by atoms with Gasteiger partial charge in [0, 0.05) is 52.2 Å². The molecule has 42 heavy (non-hydrogen) atoms. The van der Waals surface area contributed by atoms with Gasteiger partial charge >= 0.3 is 0 Å². The molecule has 3 unspecified atom stereocenters. The Hall–Kier alpha value is -0.710. The van der Waals surface area contributed by atoms with Crippen molar-refractivity contribution in [2.24, 2.45) is 11.8 Å². The maximum absolute atomic E-state index is 14.9. The molecule has 1 saturated carbocycles. The van der Waals surface area contributed by atoms with E-state index in [4.69, 9.17) is 25.8 Å². The summed E-state index contributed by atoms with van der Waals surface area (Å²) >= 11 is 6.14. The van der Waals surface area contributed by atoms with Crippen LogP contribution in [0, 0.1) is 11.8 Å². The maximum Gasteiger partial charge on any atom is 0.220 e. The summed E-state index contributed by atoms with van der Waals surface area (Å²) in [5.41, 5.74) is 0. The Morgan fingerprint density at radius 3 is 2.45 bits per heavy atom. The molecule has 8 atom stereocenters. The summed E-state index contributed by atoms with van der Waals surface area (Å²) in [4.78, 5) is 14.8. The van der Waals surface area contributed by atoms with Crippen molar-refractivity contribution in [1.82, 2.24) is 20.9 Å². The average molecular weight is 625 g/mol. The standard InChI is InChI=1S/C28H50ClFN4O8/c29-19-14-32-28(33-15-19)34-8-5-17(6-9-34)2-1-10-40-20-4-3-18(21(30)13-20)12-23(36)31-7-11-41-27-26(39)25(38)24(37)22(16-35)42-27/h17-22,24-28,32-33,35,37-39H,1-16H2,(H,31,36)/t18?,19?,20?,21?,22-,24-,25+,26+,27+,28?/m1/s1. The molecule has 4 rings (SSSR count). The Balaban J connectivity index is 1.02. The first-order valence-electron chi connectivity index (χ1n) is 15.5. The van der Waals surface area contributed by atoms with Crippen LogP contribution in [-0.4, -0.2) is 138 Å². The number of piperidine rings is 1. The topological polar surface area (TPSA) is 165 Å². The molecule has 7 N–H and O–H groups in total. The van der Waals surface area contributed by atoms with Gasteiger partial charge in [0.1, 0.15) is 36.9 Å². The van der Waals surface area contributed by atoms with Crippen molar-refractivity contribution in [3.8, 4) is 0 Å². The summed E-state index contributed by atoms with van der Waals surface area (Å²) in [6.45, 7) is 3.95. The largest absolute Gasteiger partial charge is 0.394 e. The molecule has 14 heteroatoms. The highest BCUT2D eigenvalue weighted by Gasteiger charge is 2.44. The van der Waals surface area contributed by atoms with Crippen LogP contribution in [-0.2, 0) is 19.0 Å². The van der Waals surface area contributed by atoms with Gasteiger partial charge in [-0.25, -0.2) is 4.39 Å². The quantitative estimate of drug-likeness (QED) is 0.103. The number of nitrogens with zero attached hydrogens (tertiary/aromatic N) is 1. The molecule has 0 aromatic rings. The molecule has 4 fully saturated rings. The van der Waals surface area contributed by atoms with Crippen LogP contribution in [0.25, 0.3) is 0 Å². The molecule has 0 aromatic heterocycles. The molecular formula is C28H50ClFN4O8. The number of aliphatic hydroxyl groups is 4.